The van der Waals surface area contributed by atoms with Gasteiger partial charge in [-0.15, -0.1) is 0 Å². The monoisotopic (exact) mass is 385 g/mol. The number of rotatable bonds is 5. The number of fused-ring (bicyclic) bond motifs is 1. The third-order valence-electron chi connectivity index (χ3n) is 5.73. The molecule has 1 saturated heterocycles. The predicted molar refractivity (Wildman–Crippen MR) is 106 cm³/mol. The summed E-state index contributed by atoms with van der Waals surface area (Å²) in [4.78, 5) is 25.3. The number of amides is 1. The molecule has 4 rings (SSSR count). The quantitative estimate of drug-likeness (QED) is 0.653. The third kappa shape index (κ3) is 3.88. The van der Waals surface area contributed by atoms with Gasteiger partial charge >= 0.3 is 5.97 Å². The number of para-hydroxylation sites is 1. The van der Waals surface area contributed by atoms with Crippen molar-refractivity contribution in [2.45, 2.75) is 50.7 Å². The summed E-state index contributed by atoms with van der Waals surface area (Å²) < 4.78 is 5.09. The van der Waals surface area contributed by atoms with Gasteiger partial charge in [-0.3, -0.25) is 20.7 Å². The topological polar surface area (TPSA) is 95.1 Å². The van der Waals surface area contributed by atoms with Gasteiger partial charge in [0.2, 0.25) is 5.91 Å². The molecule has 0 bridgehead atoms. The smallest absolute Gasteiger partial charge is 0.354 e. The van der Waals surface area contributed by atoms with E-state index in [0.29, 0.717) is 17.7 Å². The molecular formula is C20H27N5O3. The number of hydrazine groups is 1. The standard InChI is InChI=1S/C20H27N5O3/c1-2-28-20(27)17-11-18(25(24-17)15-6-4-3-5-7-15)19(26)22-14-8-9-16-13(10-14)12-21-23-16/h3-7,13-14,16,18,21,23H,2,8-12H2,1H3,(H,22,26). The van der Waals surface area contributed by atoms with Crippen molar-refractivity contribution in [3.05, 3.63) is 30.3 Å². The first-order chi connectivity index (χ1) is 13.7. The average molecular weight is 385 g/mol. The van der Waals surface area contributed by atoms with E-state index in [0.717, 1.165) is 31.5 Å². The average Bonchev–Trinajstić information content (AvgIpc) is 3.36. The second kappa shape index (κ2) is 8.28. The van der Waals surface area contributed by atoms with E-state index < -0.39 is 12.0 Å². The molecular weight excluding hydrogens is 358 g/mol. The van der Waals surface area contributed by atoms with E-state index in [1.165, 1.54) is 0 Å². The lowest BCUT2D eigenvalue weighted by Gasteiger charge is -2.32. The first-order valence-corrected chi connectivity index (χ1v) is 10.0. The van der Waals surface area contributed by atoms with E-state index in [2.05, 4.69) is 21.3 Å². The Hall–Kier alpha value is -2.45. The van der Waals surface area contributed by atoms with Crippen molar-refractivity contribution in [2.75, 3.05) is 18.2 Å². The van der Waals surface area contributed by atoms with Crippen LogP contribution >= 0.6 is 0 Å². The second-order valence-electron chi connectivity index (χ2n) is 7.58. The van der Waals surface area contributed by atoms with Gasteiger partial charge in [0.25, 0.3) is 0 Å². The molecule has 3 aliphatic rings. The number of nitrogens with one attached hydrogen (secondary N) is 3. The summed E-state index contributed by atoms with van der Waals surface area (Å²) in [5.41, 5.74) is 7.59. The van der Waals surface area contributed by atoms with Crippen LogP contribution in [0.3, 0.4) is 0 Å². The van der Waals surface area contributed by atoms with Crippen molar-refractivity contribution in [2.24, 2.45) is 11.0 Å². The molecule has 4 unspecified atom stereocenters. The molecule has 28 heavy (non-hydrogen) atoms. The molecule has 2 heterocycles. The van der Waals surface area contributed by atoms with Crippen LogP contribution < -0.4 is 21.2 Å². The number of ether oxygens (including phenoxy) is 1. The van der Waals surface area contributed by atoms with Gasteiger partial charge in [0.15, 0.2) is 0 Å². The van der Waals surface area contributed by atoms with Crippen LogP contribution in [-0.4, -0.2) is 48.9 Å². The van der Waals surface area contributed by atoms with E-state index in [4.69, 9.17) is 4.74 Å². The van der Waals surface area contributed by atoms with Gasteiger partial charge in [0, 0.05) is 25.0 Å². The maximum Gasteiger partial charge on any atom is 0.354 e. The lowest BCUT2D eigenvalue weighted by Crippen LogP contribution is -2.50. The minimum atomic E-state index is -0.542. The predicted octanol–water partition coefficient (Wildman–Crippen LogP) is 0.946. The molecule has 2 fully saturated rings. The number of hydrazone groups is 1. The number of nitrogens with zero attached hydrogens (tertiary/aromatic N) is 2. The van der Waals surface area contributed by atoms with Crippen molar-refractivity contribution in [3.8, 4) is 0 Å². The molecule has 0 aromatic heterocycles. The summed E-state index contributed by atoms with van der Waals surface area (Å²) in [5, 5.41) is 9.27. The molecule has 0 radical (unpaired) electrons. The minimum Gasteiger partial charge on any atom is -0.461 e. The van der Waals surface area contributed by atoms with Crippen LogP contribution in [0.4, 0.5) is 5.69 Å². The van der Waals surface area contributed by atoms with Gasteiger partial charge in [0.1, 0.15) is 11.8 Å². The summed E-state index contributed by atoms with van der Waals surface area (Å²) in [6, 6.07) is 9.58. The van der Waals surface area contributed by atoms with Gasteiger partial charge < -0.3 is 10.1 Å². The maximum absolute atomic E-state index is 13.1. The first-order valence-electron chi connectivity index (χ1n) is 10.0. The summed E-state index contributed by atoms with van der Waals surface area (Å²) >= 11 is 0. The Morgan fingerprint density at radius 1 is 1.29 bits per heavy atom. The normalized spacial score (nSPS) is 29.2. The van der Waals surface area contributed by atoms with E-state index in [1.54, 1.807) is 11.9 Å². The van der Waals surface area contributed by atoms with Crippen molar-refractivity contribution < 1.29 is 14.3 Å². The zero-order valence-electron chi connectivity index (χ0n) is 16.1. The number of hydrogen-bond acceptors (Lipinski definition) is 7. The molecule has 8 heteroatoms. The Bertz CT molecular complexity index is 753. The molecule has 2 aliphatic heterocycles. The molecule has 1 saturated carbocycles. The number of esters is 1. The highest BCUT2D eigenvalue weighted by atomic mass is 16.5. The third-order valence-corrected chi connectivity index (χ3v) is 5.73. The molecule has 1 amide bonds. The SMILES string of the molecule is CCOC(=O)C1=NN(c2ccccc2)C(C(=O)NC2CCC3NNCC3C2)C1. The Kier molecular flexibility index (Phi) is 5.59. The van der Waals surface area contributed by atoms with Crippen LogP contribution in [0, 0.1) is 5.92 Å². The van der Waals surface area contributed by atoms with Crippen LogP contribution in [0.1, 0.15) is 32.6 Å². The first kappa shape index (κ1) is 18.9. The highest BCUT2D eigenvalue weighted by Crippen LogP contribution is 2.28. The molecule has 1 aromatic carbocycles. The van der Waals surface area contributed by atoms with Crippen molar-refractivity contribution >= 4 is 23.3 Å². The Morgan fingerprint density at radius 2 is 2.11 bits per heavy atom. The van der Waals surface area contributed by atoms with E-state index in [9.17, 15) is 9.59 Å². The Morgan fingerprint density at radius 3 is 2.89 bits per heavy atom. The highest BCUT2D eigenvalue weighted by Gasteiger charge is 2.39. The van der Waals surface area contributed by atoms with Gasteiger partial charge in [-0.05, 0) is 44.2 Å². The van der Waals surface area contributed by atoms with Crippen molar-refractivity contribution in [3.63, 3.8) is 0 Å². The fourth-order valence-corrected chi connectivity index (χ4v) is 4.30. The van der Waals surface area contributed by atoms with Crippen molar-refractivity contribution in [1.82, 2.24) is 16.2 Å². The largest absolute Gasteiger partial charge is 0.461 e. The lowest BCUT2D eigenvalue weighted by atomic mass is 9.83. The fraction of sp³-hybridized carbons (Fsp3) is 0.550. The number of anilines is 1. The number of benzene rings is 1. The Labute approximate surface area is 164 Å². The zero-order valence-corrected chi connectivity index (χ0v) is 16.1. The number of carbonyl (C=O) groups excluding carboxylic acids is 2. The van der Waals surface area contributed by atoms with Gasteiger partial charge in [-0.2, -0.15) is 5.10 Å². The van der Waals surface area contributed by atoms with Gasteiger partial charge in [-0.1, -0.05) is 18.2 Å². The molecule has 1 aliphatic carbocycles. The van der Waals surface area contributed by atoms with Crippen LogP contribution in [0.15, 0.2) is 35.4 Å². The molecule has 1 aromatic rings. The molecule has 3 N–H and O–H groups in total. The van der Waals surface area contributed by atoms with Crippen LogP contribution in [0.2, 0.25) is 0 Å². The summed E-state index contributed by atoms with van der Waals surface area (Å²) in [6.07, 6.45) is 3.20. The highest BCUT2D eigenvalue weighted by molar-refractivity contribution is 6.38. The summed E-state index contributed by atoms with van der Waals surface area (Å²) in [6.45, 7) is 2.98. The minimum absolute atomic E-state index is 0.0886. The van der Waals surface area contributed by atoms with Gasteiger partial charge in [-0.25, -0.2) is 4.79 Å². The van der Waals surface area contributed by atoms with E-state index in [1.807, 2.05) is 30.3 Å². The van der Waals surface area contributed by atoms with Crippen molar-refractivity contribution in [1.29, 1.82) is 0 Å². The molecule has 8 nitrogen and oxygen atoms in total. The fourth-order valence-electron chi connectivity index (χ4n) is 4.30. The molecule has 0 spiro atoms. The van der Waals surface area contributed by atoms with E-state index in [-0.39, 0.29) is 25.0 Å². The second-order valence-corrected chi connectivity index (χ2v) is 7.58. The maximum atomic E-state index is 13.1. The summed E-state index contributed by atoms with van der Waals surface area (Å²) in [7, 11) is 0. The number of hydrogen-bond donors (Lipinski definition) is 3. The van der Waals surface area contributed by atoms with E-state index >= 15 is 0 Å². The molecule has 4 atom stereocenters. The van der Waals surface area contributed by atoms with Gasteiger partial charge in [0.05, 0.1) is 12.3 Å². The summed E-state index contributed by atoms with van der Waals surface area (Å²) in [5.74, 6) is -0.00388. The lowest BCUT2D eigenvalue weighted by molar-refractivity contribution is -0.135. The zero-order chi connectivity index (χ0) is 19.5. The Balaban J connectivity index is 1.46. The van der Waals surface area contributed by atoms with Crippen LogP contribution in [0.25, 0.3) is 0 Å². The number of carbonyl (C=O) groups is 2. The molecule has 150 valence electrons. The van der Waals surface area contributed by atoms with Crippen LogP contribution in [-0.2, 0) is 14.3 Å². The van der Waals surface area contributed by atoms with Crippen LogP contribution in [0.5, 0.6) is 0 Å².